The lowest BCUT2D eigenvalue weighted by atomic mass is 10.0. The van der Waals surface area contributed by atoms with E-state index in [0.717, 1.165) is 0 Å². The fourth-order valence-electron chi connectivity index (χ4n) is 2.00. The van der Waals surface area contributed by atoms with Crippen LogP contribution in [-0.4, -0.2) is 29.6 Å². The molecule has 66 valence electrons. The third-order valence-corrected chi connectivity index (χ3v) is 2.90. The summed E-state index contributed by atoms with van der Waals surface area (Å²) in [6, 6.07) is 1.57. The van der Waals surface area contributed by atoms with Crippen LogP contribution < -0.4 is 5.73 Å². The van der Waals surface area contributed by atoms with Gasteiger partial charge >= 0.3 is 0 Å². The smallest absolute Gasteiger partial charge is 0.0232 e. The topological polar surface area (TPSA) is 29.3 Å². The summed E-state index contributed by atoms with van der Waals surface area (Å²) in [7, 11) is 0. The molecule has 1 aliphatic heterocycles. The van der Waals surface area contributed by atoms with E-state index in [1.165, 1.54) is 6.54 Å². The minimum Gasteiger partial charge on any atom is -0.326 e. The van der Waals surface area contributed by atoms with Crippen LogP contribution in [0.15, 0.2) is 0 Å². The second-order valence-corrected chi connectivity index (χ2v) is 4.09. The monoisotopic (exact) mass is 156 g/mol. The maximum Gasteiger partial charge on any atom is 0.0232 e. The van der Waals surface area contributed by atoms with Gasteiger partial charge in [-0.2, -0.15) is 0 Å². The standard InChI is InChI=1S/C9H20N2/c1-6(2)11-5-7(3)9(10)8(11)4/h6-9H,5,10H2,1-4H3. The van der Waals surface area contributed by atoms with E-state index in [1.54, 1.807) is 0 Å². The van der Waals surface area contributed by atoms with Gasteiger partial charge in [0.15, 0.2) is 0 Å². The van der Waals surface area contributed by atoms with E-state index in [2.05, 4.69) is 32.6 Å². The number of nitrogens with two attached hydrogens (primary N) is 1. The molecule has 1 fully saturated rings. The molecular weight excluding hydrogens is 136 g/mol. The normalized spacial score (nSPS) is 40.4. The zero-order valence-corrected chi connectivity index (χ0v) is 8.04. The minimum absolute atomic E-state index is 0.373. The molecule has 2 nitrogen and oxygen atoms in total. The van der Waals surface area contributed by atoms with Gasteiger partial charge in [0, 0.05) is 24.7 Å². The number of hydrogen-bond acceptors (Lipinski definition) is 2. The molecule has 11 heavy (non-hydrogen) atoms. The lowest BCUT2D eigenvalue weighted by Gasteiger charge is -2.26. The molecular formula is C9H20N2. The van der Waals surface area contributed by atoms with Crippen molar-refractivity contribution in [3.8, 4) is 0 Å². The number of hydrogen-bond donors (Lipinski definition) is 1. The van der Waals surface area contributed by atoms with Crippen molar-refractivity contribution >= 4 is 0 Å². The Kier molecular flexibility index (Phi) is 2.55. The van der Waals surface area contributed by atoms with E-state index >= 15 is 0 Å². The van der Waals surface area contributed by atoms with E-state index < -0.39 is 0 Å². The fraction of sp³-hybridized carbons (Fsp3) is 1.00. The zero-order chi connectivity index (χ0) is 8.59. The van der Waals surface area contributed by atoms with Gasteiger partial charge in [-0.05, 0) is 26.7 Å². The molecule has 1 heterocycles. The molecule has 0 aromatic carbocycles. The van der Waals surface area contributed by atoms with Gasteiger partial charge < -0.3 is 5.73 Å². The molecule has 1 rings (SSSR count). The van der Waals surface area contributed by atoms with Crippen molar-refractivity contribution in [2.75, 3.05) is 6.54 Å². The Hall–Kier alpha value is -0.0800. The van der Waals surface area contributed by atoms with Crippen molar-refractivity contribution in [1.29, 1.82) is 0 Å². The van der Waals surface area contributed by atoms with Crippen LogP contribution in [0.1, 0.15) is 27.7 Å². The van der Waals surface area contributed by atoms with Gasteiger partial charge in [-0.3, -0.25) is 4.90 Å². The van der Waals surface area contributed by atoms with Crippen molar-refractivity contribution in [2.24, 2.45) is 11.7 Å². The van der Waals surface area contributed by atoms with E-state index in [0.29, 0.717) is 24.0 Å². The Labute approximate surface area is 69.8 Å². The van der Waals surface area contributed by atoms with Crippen LogP contribution in [0, 0.1) is 5.92 Å². The number of rotatable bonds is 1. The average Bonchev–Trinajstić information content (AvgIpc) is 2.17. The first kappa shape index (κ1) is 9.01. The highest BCUT2D eigenvalue weighted by Crippen LogP contribution is 2.23. The second-order valence-electron chi connectivity index (χ2n) is 4.09. The van der Waals surface area contributed by atoms with Crippen LogP contribution in [0.4, 0.5) is 0 Å². The molecule has 3 unspecified atom stereocenters. The van der Waals surface area contributed by atoms with Gasteiger partial charge in [0.1, 0.15) is 0 Å². The Morgan fingerprint density at radius 1 is 1.36 bits per heavy atom. The Bertz CT molecular complexity index is 134. The molecule has 0 amide bonds. The molecule has 0 bridgehead atoms. The summed E-state index contributed by atoms with van der Waals surface area (Å²) in [4.78, 5) is 2.48. The van der Waals surface area contributed by atoms with Crippen LogP contribution >= 0.6 is 0 Å². The SMILES string of the molecule is CC1CN(C(C)C)C(C)C1N. The molecule has 0 aromatic rings. The molecule has 3 atom stereocenters. The first-order chi connectivity index (χ1) is 5.04. The van der Waals surface area contributed by atoms with Crippen LogP contribution in [-0.2, 0) is 0 Å². The minimum atomic E-state index is 0.373. The highest BCUT2D eigenvalue weighted by atomic mass is 15.2. The van der Waals surface area contributed by atoms with Crippen LogP contribution in [0.3, 0.4) is 0 Å². The Morgan fingerprint density at radius 2 is 1.91 bits per heavy atom. The van der Waals surface area contributed by atoms with Crippen molar-refractivity contribution in [2.45, 2.75) is 45.8 Å². The largest absolute Gasteiger partial charge is 0.326 e. The molecule has 0 spiro atoms. The predicted octanol–water partition coefficient (Wildman–Crippen LogP) is 1.06. The van der Waals surface area contributed by atoms with E-state index in [-0.39, 0.29) is 0 Å². The summed E-state index contributed by atoms with van der Waals surface area (Å²) >= 11 is 0. The van der Waals surface area contributed by atoms with Crippen molar-refractivity contribution in [1.82, 2.24) is 4.90 Å². The van der Waals surface area contributed by atoms with Crippen LogP contribution in [0.5, 0.6) is 0 Å². The Balaban J connectivity index is 2.59. The van der Waals surface area contributed by atoms with Gasteiger partial charge in [-0.15, -0.1) is 0 Å². The molecule has 2 heteroatoms. The zero-order valence-electron chi connectivity index (χ0n) is 8.04. The van der Waals surface area contributed by atoms with Crippen LogP contribution in [0.25, 0.3) is 0 Å². The molecule has 0 aliphatic carbocycles. The molecule has 1 aliphatic rings. The number of likely N-dealkylation sites (tertiary alicyclic amines) is 1. The third-order valence-electron chi connectivity index (χ3n) is 2.90. The summed E-state index contributed by atoms with van der Waals surface area (Å²) < 4.78 is 0. The molecule has 0 aromatic heterocycles. The van der Waals surface area contributed by atoms with E-state index in [9.17, 15) is 0 Å². The Morgan fingerprint density at radius 3 is 2.09 bits per heavy atom. The summed E-state index contributed by atoms with van der Waals surface area (Å²) in [5, 5.41) is 0. The van der Waals surface area contributed by atoms with Gasteiger partial charge in [0.05, 0.1) is 0 Å². The summed E-state index contributed by atoms with van der Waals surface area (Å²) in [5.41, 5.74) is 6.01. The van der Waals surface area contributed by atoms with Gasteiger partial charge in [-0.25, -0.2) is 0 Å². The third kappa shape index (κ3) is 1.57. The maximum absolute atomic E-state index is 6.01. The first-order valence-corrected chi connectivity index (χ1v) is 4.55. The van der Waals surface area contributed by atoms with E-state index in [4.69, 9.17) is 5.73 Å². The van der Waals surface area contributed by atoms with Gasteiger partial charge in [-0.1, -0.05) is 6.92 Å². The highest BCUT2D eigenvalue weighted by molar-refractivity contribution is 4.92. The van der Waals surface area contributed by atoms with Crippen molar-refractivity contribution in [3.63, 3.8) is 0 Å². The maximum atomic E-state index is 6.01. The summed E-state index contributed by atoms with van der Waals surface area (Å²) in [6.07, 6.45) is 0. The first-order valence-electron chi connectivity index (χ1n) is 4.55. The fourth-order valence-corrected chi connectivity index (χ4v) is 2.00. The lowest BCUT2D eigenvalue weighted by Crippen LogP contribution is -2.40. The van der Waals surface area contributed by atoms with Crippen molar-refractivity contribution < 1.29 is 0 Å². The second kappa shape index (κ2) is 3.11. The average molecular weight is 156 g/mol. The number of nitrogens with zero attached hydrogens (tertiary/aromatic N) is 1. The summed E-state index contributed by atoms with van der Waals surface area (Å²) in [5.74, 6) is 0.660. The summed E-state index contributed by atoms with van der Waals surface area (Å²) in [6.45, 7) is 10.1. The molecule has 1 saturated heterocycles. The molecule has 0 radical (unpaired) electrons. The van der Waals surface area contributed by atoms with Crippen LogP contribution in [0.2, 0.25) is 0 Å². The van der Waals surface area contributed by atoms with E-state index in [1.807, 2.05) is 0 Å². The highest BCUT2D eigenvalue weighted by Gasteiger charge is 2.34. The predicted molar refractivity (Wildman–Crippen MR) is 48.4 cm³/mol. The van der Waals surface area contributed by atoms with Gasteiger partial charge in [0.25, 0.3) is 0 Å². The molecule has 0 saturated carbocycles. The quantitative estimate of drug-likeness (QED) is 0.615. The molecule has 2 N–H and O–H groups in total. The van der Waals surface area contributed by atoms with Crippen molar-refractivity contribution in [3.05, 3.63) is 0 Å². The lowest BCUT2D eigenvalue weighted by molar-refractivity contribution is 0.208. The van der Waals surface area contributed by atoms with Gasteiger partial charge in [0.2, 0.25) is 0 Å².